The Morgan fingerprint density at radius 1 is 0.944 bits per heavy atom. The highest BCUT2D eigenvalue weighted by Crippen LogP contribution is 2.22. The number of nitrogens with two attached hydrogens (primary N) is 1. The molecule has 3 atom stereocenters. The van der Waals surface area contributed by atoms with Crippen LogP contribution in [0.2, 0.25) is 5.82 Å². The number of hydrogen-bond acceptors (Lipinski definition) is 3. The second kappa shape index (κ2) is 9.82. The fraction of sp³-hybridized carbons (Fsp3) is 1.00. The minimum atomic E-state index is 0.336. The van der Waals surface area contributed by atoms with Gasteiger partial charge in [0.25, 0.3) is 0 Å². The van der Waals surface area contributed by atoms with Gasteiger partial charge in [-0.2, -0.15) is 5.48 Å². The van der Waals surface area contributed by atoms with Crippen molar-refractivity contribution in [2.75, 3.05) is 7.11 Å². The smallest absolute Gasteiger partial charge is 0.0699 e. The third-order valence-corrected chi connectivity index (χ3v) is 3.95. The van der Waals surface area contributed by atoms with E-state index in [0.29, 0.717) is 17.9 Å². The summed E-state index contributed by atoms with van der Waals surface area (Å²) in [6.45, 7) is 0. The first kappa shape index (κ1) is 16.0. The molecule has 0 heterocycles. The van der Waals surface area contributed by atoms with Gasteiger partial charge in [0.15, 0.2) is 0 Å². The van der Waals surface area contributed by atoms with Crippen molar-refractivity contribution in [3.05, 3.63) is 0 Å². The molecule has 0 aromatic carbocycles. The summed E-state index contributed by atoms with van der Waals surface area (Å²) >= 11 is 0. The zero-order valence-electron chi connectivity index (χ0n) is 11.9. The minimum Gasteiger partial charge on any atom is -0.328 e. The summed E-state index contributed by atoms with van der Waals surface area (Å²) in [5.74, 6) is 0.336. The van der Waals surface area contributed by atoms with Crippen LogP contribution in [-0.4, -0.2) is 27.0 Å². The van der Waals surface area contributed by atoms with Crippen molar-refractivity contribution in [2.24, 2.45) is 5.73 Å². The van der Waals surface area contributed by atoms with Crippen LogP contribution in [-0.2, 0) is 4.84 Å². The summed E-state index contributed by atoms with van der Waals surface area (Å²) in [6.07, 6.45) is 11.7. The molecule has 0 aromatic rings. The lowest BCUT2D eigenvalue weighted by atomic mass is 9.78. The van der Waals surface area contributed by atoms with Gasteiger partial charge in [0.2, 0.25) is 0 Å². The molecule has 1 aliphatic carbocycles. The SMILES string of the molecule is [B]C1CCCCC(N)CCCCC(NOC)CC1. The monoisotopic (exact) mass is 252 g/mol. The van der Waals surface area contributed by atoms with Gasteiger partial charge in [0.1, 0.15) is 0 Å². The van der Waals surface area contributed by atoms with Gasteiger partial charge in [0, 0.05) is 12.1 Å². The maximum absolute atomic E-state index is 6.15. The zero-order valence-corrected chi connectivity index (χ0v) is 11.9. The first-order valence-electron chi connectivity index (χ1n) is 7.52. The van der Waals surface area contributed by atoms with Crippen LogP contribution in [0.25, 0.3) is 0 Å². The Kier molecular flexibility index (Phi) is 8.73. The molecule has 1 aliphatic rings. The number of hydroxylamine groups is 1. The van der Waals surface area contributed by atoms with Crippen LogP contribution >= 0.6 is 0 Å². The lowest BCUT2D eigenvalue weighted by molar-refractivity contribution is 0.0537. The highest BCUT2D eigenvalue weighted by molar-refractivity contribution is 6.11. The molecule has 1 saturated carbocycles. The molecule has 104 valence electrons. The number of hydrogen-bond donors (Lipinski definition) is 2. The summed E-state index contributed by atoms with van der Waals surface area (Å²) < 4.78 is 0. The molecule has 0 bridgehead atoms. The Balaban J connectivity index is 2.38. The zero-order chi connectivity index (χ0) is 13.2. The van der Waals surface area contributed by atoms with Crippen molar-refractivity contribution in [3.8, 4) is 0 Å². The van der Waals surface area contributed by atoms with E-state index >= 15 is 0 Å². The summed E-state index contributed by atoms with van der Waals surface area (Å²) in [4.78, 5) is 5.07. The van der Waals surface area contributed by atoms with E-state index in [1.165, 1.54) is 25.7 Å². The Bertz CT molecular complexity index is 204. The molecule has 0 spiro atoms. The van der Waals surface area contributed by atoms with Crippen molar-refractivity contribution in [1.29, 1.82) is 0 Å². The van der Waals surface area contributed by atoms with Gasteiger partial charge >= 0.3 is 0 Å². The molecule has 4 heteroatoms. The van der Waals surface area contributed by atoms with Gasteiger partial charge in [-0.05, 0) is 25.7 Å². The standard InChI is InChI=1S/C14H29BN2O/c1-18-17-14-9-5-4-8-13(16)7-3-2-6-12(15)10-11-14/h12-14,17H,2-11,16H2,1H3. The second-order valence-electron chi connectivity index (χ2n) is 5.69. The van der Waals surface area contributed by atoms with Gasteiger partial charge in [-0.3, -0.25) is 0 Å². The molecule has 0 saturated heterocycles. The highest BCUT2D eigenvalue weighted by Gasteiger charge is 2.12. The molecule has 1 fully saturated rings. The molecular formula is C14H29BN2O. The molecule has 0 aliphatic heterocycles. The van der Waals surface area contributed by atoms with E-state index in [1.54, 1.807) is 7.11 Å². The van der Waals surface area contributed by atoms with Crippen LogP contribution in [0.1, 0.15) is 64.2 Å². The van der Waals surface area contributed by atoms with Crippen molar-refractivity contribution in [2.45, 2.75) is 82.1 Å². The van der Waals surface area contributed by atoms with Crippen molar-refractivity contribution >= 4 is 7.85 Å². The van der Waals surface area contributed by atoms with E-state index in [4.69, 9.17) is 18.4 Å². The third-order valence-electron chi connectivity index (χ3n) is 3.95. The van der Waals surface area contributed by atoms with E-state index in [0.717, 1.165) is 38.5 Å². The summed E-state index contributed by atoms with van der Waals surface area (Å²) in [6, 6.07) is 0.828. The largest absolute Gasteiger partial charge is 0.328 e. The van der Waals surface area contributed by atoms with Gasteiger partial charge in [-0.15, -0.1) is 0 Å². The summed E-state index contributed by atoms with van der Waals surface area (Å²) in [7, 11) is 7.84. The molecule has 3 unspecified atom stereocenters. The van der Waals surface area contributed by atoms with Crippen LogP contribution in [0, 0.1) is 0 Å². The second-order valence-corrected chi connectivity index (χ2v) is 5.69. The molecule has 2 radical (unpaired) electrons. The Morgan fingerprint density at radius 3 is 2.22 bits per heavy atom. The van der Waals surface area contributed by atoms with E-state index in [9.17, 15) is 0 Å². The highest BCUT2D eigenvalue weighted by atomic mass is 16.6. The van der Waals surface area contributed by atoms with E-state index in [1.807, 2.05) is 0 Å². The lowest BCUT2D eigenvalue weighted by Gasteiger charge is -2.19. The maximum atomic E-state index is 6.15. The molecule has 0 amide bonds. The Hall–Kier alpha value is -0.0551. The molecular weight excluding hydrogens is 223 g/mol. The molecule has 18 heavy (non-hydrogen) atoms. The first-order valence-corrected chi connectivity index (χ1v) is 7.52. The molecule has 3 nitrogen and oxygen atoms in total. The number of nitrogens with one attached hydrogen (secondary N) is 1. The van der Waals surface area contributed by atoms with Gasteiger partial charge in [0.05, 0.1) is 15.0 Å². The van der Waals surface area contributed by atoms with E-state index < -0.39 is 0 Å². The van der Waals surface area contributed by atoms with Gasteiger partial charge < -0.3 is 10.6 Å². The first-order chi connectivity index (χ1) is 8.72. The molecule has 0 aromatic heterocycles. The van der Waals surface area contributed by atoms with E-state index in [2.05, 4.69) is 5.48 Å². The van der Waals surface area contributed by atoms with Crippen LogP contribution in [0.15, 0.2) is 0 Å². The normalized spacial score (nSPS) is 33.1. The topological polar surface area (TPSA) is 47.3 Å². The van der Waals surface area contributed by atoms with Crippen molar-refractivity contribution in [1.82, 2.24) is 5.48 Å². The number of rotatable bonds is 2. The quantitative estimate of drug-likeness (QED) is 0.586. The fourth-order valence-electron chi connectivity index (χ4n) is 2.74. The van der Waals surface area contributed by atoms with Gasteiger partial charge in [-0.25, -0.2) is 0 Å². The van der Waals surface area contributed by atoms with Crippen LogP contribution in [0.4, 0.5) is 0 Å². The predicted molar refractivity (Wildman–Crippen MR) is 77.6 cm³/mol. The molecule has 3 N–H and O–H groups in total. The van der Waals surface area contributed by atoms with Crippen molar-refractivity contribution in [3.63, 3.8) is 0 Å². The predicted octanol–water partition coefficient (Wildman–Crippen LogP) is 2.70. The average Bonchev–Trinajstić information content (AvgIpc) is 2.37. The van der Waals surface area contributed by atoms with E-state index in [-0.39, 0.29) is 0 Å². The third kappa shape index (κ3) is 7.40. The Morgan fingerprint density at radius 2 is 1.56 bits per heavy atom. The average molecular weight is 252 g/mol. The summed E-state index contributed by atoms with van der Waals surface area (Å²) in [5, 5.41) is 0. The van der Waals surface area contributed by atoms with Crippen LogP contribution < -0.4 is 11.2 Å². The fourth-order valence-corrected chi connectivity index (χ4v) is 2.74. The molecule has 1 rings (SSSR count). The summed E-state index contributed by atoms with van der Waals surface area (Å²) in [5.41, 5.74) is 9.21. The van der Waals surface area contributed by atoms with Gasteiger partial charge in [-0.1, -0.05) is 44.3 Å². The van der Waals surface area contributed by atoms with Crippen LogP contribution in [0.3, 0.4) is 0 Å². The lowest BCUT2D eigenvalue weighted by Crippen LogP contribution is -2.28. The maximum Gasteiger partial charge on any atom is 0.0699 e. The van der Waals surface area contributed by atoms with Crippen molar-refractivity contribution < 1.29 is 4.84 Å². The minimum absolute atomic E-state index is 0.336. The Labute approximate surface area is 114 Å². The van der Waals surface area contributed by atoms with Crippen LogP contribution in [0.5, 0.6) is 0 Å².